The molecule has 0 spiro atoms. The summed E-state index contributed by atoms with van der Waals surface area (Å²) in [5.41, 5.74) is 3.00. The summed E-state index contributed by atoms with van der Waals surface area (Å²) in [6.07, 6.45) is 3.66. The zero-order valence-corrected chi connectivity index (χ0v) is 16.1. The highest BCUT2D eigenvalue weighted by Gasteiger charge is 2.23. The summed E-state index contributed by atoms with van der Waals surface area (Å²) in [5.74, 6) is 0.260. The first-order valence-electron chi connectivity index (χ1n) is 9.83. The van der Waals surface area contributed by atoms with E-state index in [2.05, 4.69) is 15.6 Å². The molecule has 0 saturated heterocycles. The van der Waals surface area contributed by atoms with E-state index in [1.165, 1.54) is 0 Å². The number of hydrogen-bond donors (Lipinski definition) is 2. The third kappa shape index (κ3) is 3.67. The van der Waals surface area contributed by atoms with Gasteiger partial charge in [0, 0.05) is 22.7 Å². The van der Waals surface area contributed by atoms with E-state index in [9.17, 15) is 9.59 Å². The van der Waals surface area contributed by atoms with Gasteiger partial charge in [-0.1, -0.05) is 18.2 Å². The number of benzene rings is 2. The second-order valence-electron chi connectivity index (χ2n) is 7.33. The van der Waals surface area contributed by atoms with Gasteiger partial charge in [-0.15, -0.1) is 0 Å². The molecular formula is C24H19N3O3. The number of fused-ring (bicyclic) bond motifs is 1. The van der Waals surface area contributed by atoms with Crippen molar-refractivity contribution >= 4 is 28.4 Å². The van der Waals surface area contributed by atoms with Crippen LogP contribution in [0.4, 0.5) is 5.69 Å². The summed E-state index contributed by atoms with van der Waals surface area (Å²) >= 11 is 0. The highest BCUT2D eigenvalue weighted by atomic mass is 16.3. The van der Waals surface area contributed by atoms with Gasteiger partial charge in [0.25, 0.3) is 11.8 Å². The lowest BCUT2D eigenvalue weighted by Gasteiger charge is -2.10. The van der Waals surface area contributed by atoms with E-state index in [0.29, 0.717) is 39.8 Å². The number of carbonyl (C=O) groups excluding carboxylic acids is 2. The van der Waals surface area contributed by atoms with Crippen LogP contribution in [0.3, 0.4) is 0 Å². The third-order valence-electron chi connectivity index (χ3n) is 5.05. The van der Waals surface area contributed by atoms with E-state index in [0.717, 1.165) is 18.2 Å². The summed E-state index contributed by atoms with van der Waals surface area (Å²) < 4.78 is 5.46. The monoisotopic (exact) mass is 397 g/mol. The summed E-state index contributed by atoms with van der Waals surface area (Å²) in [7, 11) is 0. The molecule has 0 aliphatic heterocycles. The Morgan fingerprint density at radius 2 is 1.73 bits per heavy atom. The fraction of sp³-hybridized carbons (Fsp3) is 0.125. The lowest BCUT2D eigenvalue weighted by Crippen LogP contribution is -2.25. The lowest BCUT2D eigenvalue weighted by molar-refractivity contribution is 0.0950. The number of rotatable bonds is 5. The first kappa shape index (κ1) is 18.1. The molecule has 2 aromatic carbocycles. The largest absolute Gasteiger partial charge is 0.463 e. The molecule has 1 saturated carbocycles. The number of amides is 2. The van der Waals surface area contributed by atoms with Gasteiger partial charge in [0.05, 0.1) is 17.3 Å². The molecule has 6 heteroatoms. The van der Waals surface area contributed by atoms with Crippen molar-refractivity contribution in [2.45, 2.75) is 18.9 Å². The van der Waals surface area contributed by atoms with Gasteiger partial charge >= 0.3 is 0 Å². The topological polar surface area (TPSA) is 84.2 Å². The Labute approximate surface area is 172 Å². The molecule has 6 nitrogen and oxygen atoms in total. The van der Waals surface area contributed by atoms with E-state index in [1.54, 1.807) is 42.7 Å². The summed E-state index contributed by atoms with van der Waals surface area (Å²) in [5, 5.41) is 6.62. The van der Waals surface area contributed by atoms with Gasteiger partial charge in [-0.25, -0.2) is 4.98 Å². The van der Waals surface area contributed by atoms with Crippen LogP contribution in [0.2, 0.25) is 0 Å². The van der Waals surface area contributed by atoms with Gasteiger partial charge in [0.1, 0.15) is 5.69 Å². The Morgan fingerprint density at radius 3 is 2.47 bits per heavy atom. The van der Waals surface area contributed by atoms with Crippen molar-refractivity contribution in [2.75, 3.05) is 5.32 Å². The average molecular weight is 397 g/mol. The van der Waals surface area contributed by atoms with Crippen LogP contribution in [0, 0.1) is 0 Å². The minimum atomic E-state index is -0.253. The fourth-order valence-corrected chi connectivity index (χ4v) is 3.31. The van der Waals surface area contributed by atoms with Crippen molar-refractivity contribution < 1.29 is 14.0 Å². The van der Waals surface area contributed by atoms with Gasteiger partial charge in [-0.2, -0.15) is 0 Å². The van der Waals surface area contributed by atoms with Crippen molar-refractivity contribution in [3.63, 3.8) is 0 Å². The molecule has 30 heavy (non-hydrogen) atoms. The van der Waals surface area contributed by atoms with Crippen molar-refractivity contribution in [2.24, 2.45) is 0 Å². The van der Waals surface area contributed by atoms with Crippen LogP contribution in [0.15, 0.2) is 77.4 Å². The van der Waals surface area contributed by atoms with Crippen molar-refractivity contribution in [1.29, 1.82) is 0 Å². The Bertz CT molecular complexity index is 1230. The van der Waals surface area contributed by atoms with E-state index >= 15 is 0 Å². The maximum absolute atomic E-state index is 13.1. The van der Waals surface area contributed by atoms with Gasteiger partial charge in [0.2, 0.25) is 0 Å². The molecule has 2 aromatic heterocycles. The summed E-state index contributed by atoms with van der Waals surface area (Å²) in [6, 6.07) is 20.0. The van der Waals surface area contributed by atoms with Crippen LogP contribution >= 0.6 is 0 Å². The minimum absolute atomic E-state index is 0.0846. The molecule has 0 bridgehead atoms. The van der Waals surface area contributed by atoms with Crippen LogP contribution in [-0.2, 0) is 0 Å². The molecule has 5 rings (SSSR count). The van der Waals surface area contributed by atoms with E-state index in [-0.39, 0.29) is 11.8 Å². The van der Waals surface area contributed by atoms with Gasteiger partial charge in [-0.05, 0) is 61.4 Å². The van der Waals surface area contributed by atoms with Crippen molar-refractivity contribution in [3.05, 3.63) is 84.1 Å². The molecule has 2 amide bonds. The van der Waals surface area contributed by atoms with Gasteiger partial charge in [0.15, 0.2) is 5.76 Å². The number of furan rings is 1. The van der Waals surface area contributed by atoms with Crippen molar-refractivity contribution in [3.8, 4) is 11.5 Å². The molecular weight excluding hydrogens is 378 g/mol. The van der Waals surface area contributed by atoms with Crippen LogP contribution in [-0.4, -0.2) is 22.8 Å². The number of para-hydroxylation sites is 1. The van der Waals surface area contributed by atoms with E-state index in [4.69, 9.17) is 4.42 Å². The number of nitrogens with zero attached hydrogens (tertiary/aromatic N) is 1. The predicted molar refractivity (Wildman–Crippen MR) is 114 cm³/mol. The van der Waals surface area contributed by atoms with Crippen LogP contribution in [0.25, 0.3) is 22.4 Å². The zero-order chi connectivity index (χ0) is 20.5. The Hall–Kier alpha value is -3.93. The molecule has 2 heterocycles. The second kappa shape index (κ2) is 7.48. The molecule has 1 aliphatic rings. The number of pyridine rings is 1. The molecule has 0 atom stereocenters. The first-order valence-corrected chi connectivity index (χ1v) is 9.83. The van der Waals surface area contributed by atoms with E-state index in [1.807, 2.05) is 30.3 Å². The van der Waals surface area contributed by atoms with Crippen molar-refractivity contribution in [1.82, 2.24) is 10.3 Å². The average Bonchev–Trinajstić information content (AvgIpc) is 3.41. The Kier molecular flexibility index (Phi) is 4.52. The molecule has 0 radical (unpaired) electrons. The van der Waals surface area contributed by atoms with Gasteiger partial charge < -0.3 is 15.1 Å². The lowest BCUT2D eigenvalue weighted by atomic mass is 10.1. The number of anilines is 1. The molecule has 4 aromatic rings. The summed E-state index contributed by atoms with van der Waals surface area (Å²) in [6.45, 7) is 0. The Balaban J connectivity index is 1.42. The summed E-state index contributed by atoms with van der Waals surface area (Å²) in [4.78, 5) is 29.8. The number of hydrogen-bond acceptors (Lipinski definition) is 4. The molecule has 2 N–H and O–H groups in total. The third-order valence-corrected chi connectivity index (χ3v) is 5.05. The molecule has 0 unspecified atom stereocenters. The molecule has 1 fully saturated rings. The smallest absolute Gasteiger partial charge is 0.256 e. The highest BCUT2D eigenvalue weighted by molar-refractivity contribution is 6.13. The quantitative estimate of drug-likeness (QED) is 0.514. The van der Waals surface area contributed by atoms with Crippen LogP contribution < -0.4 is 10.6 Å². The number of carbonyl (C=O) groups is 2. The maximum atomic E-state index is 13.1. The van der Waals surface area contributed by atoms with E-state index < -0.39 is 0 Å². The number of nitrogens with one attached hydrogen (secondary N) is 2. The maximum Gasteiger partial charge on any atom is 0.256 e. The second-order valence-corrected chi connectivity index (χ2v) is 7.33. The standard InChI is InChI=1S/C24H19N3O3/c28-23(25-17-11-12-17)15-7-9-16(10-8-15)26-24(29)19-14-21(22-6-3-13-30-22)27-20-5-2-1-4-18(19)20/h1-10,13-14,17H,11-12H2,(H,25,28)(H,26,29). The molecule has 1 aliphatic carbocycles. The zero-order valence-electron chi connectivity index (χ0n) is 16.1. The van der Waals surface area contributed by atoms with Crippen LogP contribution in [0.1, 0.15) is 33.6 Å². The number of aromatic nitrogens is 1. The van der Waals surface area contributed by atoms with Crippen LogP contribution in [0.5, 0.6) is 0 Å². The normalized spacial score (nSPS) is 13.2. The SMILES string of the molecule is O=C(NC1CC1)c1ccc(NC(=O)c2cc(-c3ccco3)nc3ccccc23)cc1. The fourth-order valence-electron chi connectivity index (χ4n) is 3.31. The molecule has 148 valence electrons. The minimum Gasteiger partial charge on any atom is -0.463 e. The predicted octanol–water partition coefficient (Wildman–Crippen LogP) is 4.64. The highest BCUT2D eigenvalue weighted by Crippen LogP contribution is 2.26. The Morgan fingerprint density at radius 1 is 0.933 bits per heavy atom. The van der Waals surface area contributed by atoms with Gasteiger partial charge in [-0.3, -0.25) is 9.59 Å². The first-order chi connectivity index (χ1) is 14.7.